The number of hydrogen-bond donors (Lipinski definition) is 1. The molecule has 0 saturated carbocycles. The van der Waals surface area contributed by atoms with Crippen molar-refractivity contribution in [3.8, 4) is 5.75 Å². The first-order valence-electron chi connectivity index (χ1n) is 6.07. The van der Waals surface area contributed by atoms with Crippen LogP contribution in [0.1, 0.15) is 30.4 Å². The minimum Gasteiger partial charge on any atom is -0.507 e. The zero-order valence-electron chi connectivity index (χ0n) is 10.3. The van der Waals surface area contributed by atoms with Gasteiger partial charge in [0.1, 0.15) is 5.75 Å². The molecular formula is C15H16O3. The van der Waals surface area contributed by atoms with E-state index in [1.807, 2.05) is 37.3 Å². The van der Waals surface area contributed by atoms with Crippen LogP contribution in [0.3, 0.4) is 0 Å². The molecule has 1 atom stereocenters. The van der Waals surface area contributed by atoms with Crippen LogP contribution in [-0.2, 0) is 6.42 Å². The van der Waals surface area contributed by atoms with Gasteiger partial charge in [0.2, 0.25) is 0 Å². The highest BCUT2D eigenvalue weighted by atomic mass is 16.4. The molecule has 1 aromatic heterocycles. The molecule has 0 amide bonds. The summed E-state index contributed by atoms with van der Waals surface area (Å²) in [7, 11) is 0. The first-order chi connectivity index (χ1) is 8.72. The summed E-state index contributed by atoms with van der Waals surface area (Å²) in [5.74, 6) is -0.00104. The molecule has 0 saturated heterocycles. The highest BCUT2D eigenvalue weighted by Crippen LogP contribution is 2.27. The summed E-state index contributed by atoms with van der Waals surface area (Å²) in [6, 6.07) is 11.3. The van der Waals surface area contributed by atoms with E-state index in [2.05, 4.69) is 0 Å². The van der Waals surface area contributed by atoms with Gasteiger partial charge in [0.25, 0.3) is 0 Å². The molecule has 94 valence electrons. The van der Waals surface area contributed by atoms with Crippen molar-refractivity contribution in [2.75, 3.05) is 0 Å². The van der Waals surface area contributed by atoms with E-state index in [1.165, 1.54) is 12.3 Å². The molecule has 3 heteroatoms. The summed E-state index contributed by atoms with van der Waals surface area (Å²) in [5, 5.41) is 9.81. The van der Waals surface area contributed by atoms with Gasteiger partial charge >= 0.3 is 5.63 Å². The van der Waals surface area contributed by atoms with Gasteiger partial charge in [0.15, 0.2) is 0 Å². The summed E-state index contributed by atoms with van der Waals surface area (Å²) in [6.45, 7) is 2.00. The zero-order chi connectivity index (χ0) is 13.0. The van der Waals surface area contributed by atoms with Gasteiger partial charge in [0.05, 0.1) is 11.8 Å². The maximum absolute atomic E-state index is 11.7. The molecule has 0 aliphatic carbocycles. The van der Waals surface area contributed by atoms with Crippen molar-refractivity contribution in [3.63, 3.8) is 0 Å². The molecule has 0 unspecified atom stereocenters. The fraction of sp³-hybridized carbons (Fsp3) is 0.267. The van der Waals surface area contributed by atoms with E-state index >= 15 is 0 Å². The monoisotopic (exact) mass is 244 g/mol. The van der Waals surface area contributed by atoms with E-state index in [4.69, 9.17) is 4.42 Å². The van der Waals surface area contributed by atoms with Crippen LogP contribution < -0.4 is 5.63 Å². The number of hydrogen-bond acceptors (Lipinski definition) is 3. The molecule has 0 radical (unpaired) electrons. The Labute approximate surface area is 106 Å². The molecule has 1 heterocycles. The lowest BCUT2D eigenvalue weighted by Gasteiger charge is -2.14. The van der Waals surface area contributed by atoms with Gasteiger partial charge in [0, 0.05) is 6.07 Å². The third-order valence-electron chi connectivity index (χ3n) is 3.12. The fourth-order valence-electron chi connectivity index (χ4n) is 2.14. The van der Waals surface area contributed by atoms with Crippen molar-refractivity contribution in [3.05, 3.63) is 64.2 Å². The van der Waals surface area contributed by atoms with Gasteiger partial charge in [-0.25, -0.2) is 4.79 Å². The third kappa shape index (κ3) is 2.62. The topological polar surface area (TPSA) is 50.4 Å². The van der Waals surface area contributed by atoms with Crippen molar-refractivity contribution in [2.24, 2.45) is 0 Å². The van der Waals surface area contributed by atoms with E-state index < -0.39 is 5.63 Å². The second kappa shape index (κ2) is 5.54. The van der Waals surface area contributed by atoms with Crippen molar-refractivity contribution in [1.82, 2.24) is 0 Å². The Hall–Kier alpha value is -2.03. The lowest BCUT2D eigenvalue weighted by atomic mass is 9.90. The molecule has 0 aliphatic rings. The maximum atomic E-state index is 11.7. The average Bonchev–Trinajstić information content (AvgIpc) is 2.38. The molecule has 3 nitrogen and oxygen atoms in total. The maximum Gasteiger partial charge on any atom is 0.342 e. The van der Waals surface area contributed by atoms with Crippen molar-refractivity contribution in [2.45, 2.75) is 25.7 Å². The normalized spacial score (nSPS) is 12.3. The molecule has 18 heavy (non-hydrogen) atoms. The van der Waals surface area contributed by atoms with E-state index in [0.29, 0.717) is 5.56 Å². The summed E-state index contributed by atoms with van der Waals surface area (Å²) in [5.41, 5.74) is 1.08. The highest BCUT2D eigenvalue weighted by Gasteiger charge is 2.19. The standard InChI is InChI=1S/C15H16O3/c1-2-12(10-11-6-4-3-5-7-11)14-13(16)8-9-18-15(14)17/h3-9,12,16H,2,10H2,1H3/t12-/m0/s1. The van der Waals surface area contributed by atoms with Crippen LogP contribution in [0.25, 0.3) is 0 Å². The van der Waals surface area contributed by atoms with Crippen LogP contribution in [0.15, 0.2) is 51.9 Å². The summed E-state index contributed by atoms with van der Waals surface area (Å²) in [6.07, 6.45) is 2.72. The van der Waals surface area contributed by atoms with Crippen LogP contribution in [0.5, 0.6) is 5.75 Å². The number of benzene rings is 1. The van der Waals surface area contributed by atoms with Crippen molar-refractivity contribution >= 4 is 0 Å². The van der Waals surface area contributed by atoms with E-state index in [-0.39, 0.29) is 11.7 Å². The van der Waals surface area contributed by atoms with Gasteiger partial charge in [-0.05, 0) is 24.3 Å². The van der Waals surface area contributed by atoms with Crippen molar-refractivity contribution in [1.29, 1.82) is 0 Å². The van der Waals surface area contributed by atoms with Gasteiger partial charge < -0.3 is 9.52 Å². The molecule has 0 fully saturated rings. The van der Waals surface area contributed by atoms with E-state index in [9.17, 15) is 9.90 Å². The third-order valence-corrected chi connectivity index (χ3v) is 3.12. The minimum atomic E-state index is -0.446. The Kier molecular flexibility index (Phi) is 3.82. The number of rotatable bonds is 4. The van der Waals surface area contributed by atoms with Gasteiger partial charge in [-0.15, -0.1) is 0 Å². The second-order valence-corrected chi connectivity index (χ2v) is 4.30. The predicted octanol–water partition coefficient (Wildman–Crippen LogP) is 3.08. The van der Waals surface area contributed by atoms with Crippen LogP contribution >= 0.6 is 0 Å². The largest absolute Gasteiger partial charge is 0.507 e. The lowest BCUT2D eigenvalue weighted by Crippen LogP contribution is -2.14. The smallest absolute Gasteiger partial charge is 0.342 e. The summed E-state index contributed by atoms with van der Waals surface area (Å²) in [4.78, 5) is 11.7. The Morgan fingerprint density at radius 2 is 1.94 bits per heavy atom. The molecule has 1 aromatic carbocycles. The Morgan fingerprint density at radius 1 is 1.22 bits per heavy atom. The lowest BCUT2D eigenvalue weighted by molar-refractivity contribution is 0.421. The van der Waals surface area contributed by atoms with E-state index in [0.717, 1.165) is 18.4 Å². The first-order valence-corrected chi connectivity index (χ1v) is 6.07. The summed E-state index contributed by atoms with van der Waals surface area (Å²) < 4.78 is 4.84. The molecule has 2 rings (SSSR count). The Bertz CT molecular complexity index is 557. The van der Waals surface area contributed by atoms with Gasteiger partial charge in [-0.2, -0.15) is 0 Å². The molecule has 0 bridgehead atoms. The summed E-state index contributed by atoms with van der Waals surface area (Å²) >= 11 is 0. The quantitative estimate of drug-likeness (QED) is 0.899. The predicted molar refractivity (Wildman–Crippen MR) is 69.8 cm³/mol. The first kappa shape index (κ1) is 12.4. The Morgan fingerprint density at radius 3 is 2.56 bits per heavy atom. The fourth-order valence-corrected chi connectivity index (χ4v) is 2.14. The Balaban J connectivity index is 2.32. The van der Waals surface area contributed by atoms with Crippen LogP contribution in [-0.4, -0.2) is 5.11 Å². The SMILES string of the molecule is CC[C@@H](Cc1ccccc1)c1c(O)ccoc1=O. The molecule has 0 aliphatic heterocycles. The highest BCUT2D eigenvalue weighted by molar-refractivity contribution is 5.32. The minimum absolute atomic E-state index is 0.0223. The number of aromatic hydroxyl groups is 1. The van der Waals surface area contributed by atoms with Gasteiger partial charge in [-0.3, -0.25) is 0 Å². The molecular weight excluding hydrogens is 228 g/mol. The average molecular weight is 244 g/mol. The molecule has 0 spiro atoms. The zero-order valence-corrected chi connectivity index (χ0v) is 10.3. The van der Waals surface area contributed by atoms with Crippen molar-refractivity contribution < 1.29 is 9.52 Å². The molecule has 2 aromatic rings. The molecule has 1 N–H and O–H groups in total. The van der Waals surface area contributed by atoms with Crippen LogP contribution in [0.2, 0.25) is 0 Å². The van der Waals surface area contributed by atoms with E-state index in [1.54, 1.807) is 0 Å². The second-order valence-electron chi connectivity index (χ2n) is 4.30. The van der Waals surface area contributed by atoms with Gasteiger partial charge in [-0.1, -0.05) is 37.3 Å². The van der Waals surface area contributed by atoms with Crippen LogP contribution in [0, 0.1) is 0 Å². The van der Waals surface area contributed by atoms with Crippen LogP contribution in [0.4, 0.5) is 0 Å².